The van der Waals surface area contributed by atoms with E-state index >= 15 is 0 Å². The molecule has 0 heterocycles. The highest BCUT2D eigenvalue weighted by atomic mass is 16.5. The van der Waals surface area contributed by atoms with E-state index in [4.69, 9.17) is 10.00 Å². The first-order valence-electron chi connectivity index (χ1n) is 6.26. The zero-order valence-electron chi connectivity index (χ0n) is 10.7. The van der Waals surface area contributed by atoms with Crippen molar-refractivity contribution in [2.24, 2.45) is 0 Å². The van der Waals surface area contributed by atoms with Crippen LogP contribution in [-0.2, 0) is 6.42 Å². The third-order valence-corrected chi connectivity index (χ3v) is 2.68. The third kappa shape index (κ3) is 4.36. The van der Waals surface area contributed by atoms with Gasteiger partial charge >= 0.3 is 0 Å². The molecule has 0 bridgehead atoms. The smallest absolute Gasteiger partial charge is 0.119 e. The van der Waals surface area contributed by atoms with Crippen molar-refractivity contribution >= 4 is 5.69 Å². The van der Waals surface area contributed by atoms with Gasteiger partial charge in [0, 0.05) is 12.2 Å². The monoisotopic (exact) mass is 252 g/mol. The molecule has 0 atom stereocenters. The van der Waals surface area contributed by atoms with E-state index in [0.717, 1.165) is 23.5 Å². The number of nitriles is 1. The Kier molecular flexibility index (Phi) is 4.83. The lowest BCUT2D eigenvalue weighted by Gasteiger charge is -2.08. The highest BCUT2D eigenvalue weighted by Crippen LogP contribution is 2.10. The summed E-state index contributed by atoms with van der Waals surface area (Å²) in [5, 5.41) is 11.9. The summed E-state index contributed by atoms with van der Waals surface area (Å²) in [4.78, 5) is 0. The molecule has 1 N–H and O–H groups in total. The van der Waals surface area contributed by atoms with E-state index in [9.17, 15) is 0 Å². The molecule has 0 fully saturated rings. The first-order valence-corrected chi connectivity index (χ1v) is 6.26. The highest BCUT2D eigenvalue weighted by molar-refractivity contribution is 5.44. The second-order valence-electron chi connectivity index (χ2n) is 4.12. The van der Waals surface area contributed by atoms with Crippen molar-refractivity contribution < 1.29 is 4.74 Å². The topological polar surface area (TPSA) is 45.0 Å². The summed E-state index contributed by atoms with van der Waals surface area (Å²) in [7, 11) is 0. The molecular weight excluding hydrogens is 236 g/mol. The number of anilines is 1. The second kappa shape index (κ2) is 7.07. The average molecular weight is 252 g/mol. The van der Waals surface area contributed by atoms with Crippen molar-refractivity contribution in [1.29, 1.82) is 5.26 Å². The van der Waals surface area contributed by atoms with Gasteiger partial charge in [-0.1, -0.05) is 30.3 Å². The van der Waals surface area contributed by atoms with E-state index in [0.29, 0.717) is 13.0 Å². The molecule has 0 aliphatic carbocycles. The van der Waals surface area contributed by atoms with Gasteiger partial charge in [0.15, 0.2) is 0 Å². The van der Waals surface area contributed by atoms with Gasteiger partial charge in [0.2, 0.25) is 0 Å². The molecule has 3 nitrogen and oxygen atoms in total. The van der Waals surface area contributed by atoms with Gasteiger partial charge in [-0.25, -0.2) is 0 Å². The van der Waals surface area contributed by atoms with Gasteiger partial charge in [-0.2, -0.15) is 5.26 Å². The number of ether oxygens (including phenoxy) is 1. The van der Waals surface area contributed by atoms with Crippen molar-refractivity contribution in [3.8, 4) is 11.8 Å². The third-order valence-electron chi connectivity index (χ3n) is 2.68. The van der Waals surface area contributed by atoms with Crippen molar-refractivity contribution in [1.82, 2.24) is 0 Å². The average Bonchev–Trinajstić information content (AvgIpc) is 2.47. The molecule has 0 unspecified atom stereocenters. The second-order valence-corrected chi connectivity index (χ2v) is 4.12. The predicted molar refractivity (Wildman–Crippen MR) is 76.2 cm³/mol. The molecule has 0 aliphatic rings. The fraction of sp³-hybridized carbons (Fsp3) is 0.188. The molecule has 0 aromatic heterocycles. The first-order chi connectivity index (χ1) is 9.38. The molecule has 0 aliphatic heterocycles. The SMILES string of the molecule is N#CCc1ccc(NCCOc2ccccc2)cc1. The number of benzene rings is 2. The van der Waals surface area contributed by atoms with Crippen molar-refractivity contribution in [3.63, 3.8) is 0 Å². The standard InChI is InChI=1S/C16H16N2O/c17-11-10-14-6-8-15(9-7-14)18-12-13-19-16-4-2-1-3-5-16/h1-9,18H,10,12-13H2. The maximum absolute atomic E-state index is 8.59. The first kappa shape index (κ1) is 13.0. The van der Waals surface area contributed by atoms with E-state index < -0.39 is 0 Å². The fourth-order valence-electron chi connectivity index (χ4n) is 1.71. The number of para-hydroxylation sites is 1. The van der Waals surface area contributed by atoms with Crippen molar-refractivity contribution in [2.75, 3.05) is 18.5 Å². The number of rotatable bonds is 6. The van der Waals surface area contributed by atoms with E-state index in [1.165, 1.54) is 0 Å². The molecule has 3 heteroatoms. The quantitative estimate of drug-likeness (QED) is 0.803. The van der Waals surface area contributed by atoms with Gasteiger partial charge in [0.1, 0.15) is 12.4 Å². The van der Waals surface area contributed by atoms with Crippen LogP contribution in [0.3, 0.4) is 0 Å². The molecule has 2 aromatic carbocycles. The van der Waals surface area contributed by atoms with Crippen LogP contribution in [0.25, 0.3) is 0 Å². The summed E-state index contributed by atoms with van der Waals surface area (Å²) < 4.78 is 5.58. The van der Waals surface area contributed by atoms with Gasteiger partial charge < -0.3 is 10.1 Å². The van der Waals surface area contributed by atoms with Gasteiger partial charge in [-0.05, 0) is 29.8 Å². The zero-order chi connectivity index (χ0) is 13.3. The minimum atomic E-state index is 0.456. The van der Waals surface area contributed by atoms with Crippen LogP contribution in [0, 0.1) is 11.3 Å². The van der Waals surface area contributed by atoms with Crippen LogP contribution < -0.4 is 10.1 Å². The number of nitrogens with one attached hydrogen (secondary N) is 1. The Balaban J connectivity index is 1.72. The minimum absolute atomic E-state index is 0.456. The van der Waals surface area contributed by atoms with E-state index in [2.05, 4.69) is 11.4 Å². The molecular formula is C16H16N2O. The Morgan fingerprint density at radius 3 is 2.42 bits per heavy atom. The lowest BCUT2D eigenvalue weighted by atomic mass is 10.1. The molecule has 0 radical (unpaired) electrons. The lowest BCUT2D eigenvalue weighted by molar-refractivity contribution is 0.333. The van der Waals surface area contributed by atoms with E-state index in [1.54, 1.807) is 0 Å². The van der Waals surface area contributed by atoms with Crippen LogP contribution in [0.5, 0.6) is 5.75 Å². The Morgan fingerprint density at radius 2 is 1.74 bits per heavy atom. The minimum Gasteiger partial charge on any atom is -0.492 e. The van der Waals surface area contributed by atoms with Crippen LogP contribution in [0.15, 0.2) is 54.6 Å². The molecule has 0 saturated heterocycles. The molecule has 96 valence electrons. The molecule has 0 saturated carbocycles. The predicted octanol–water partition coefficient (Wildman–Crippen LogP) is 3.24. The molecule has 0 spiro atoms. The summed E-state index contributed by atoms with van der Waals surface area (Å²) in [5.74, 6) is 0.883. The number of hydrogen-bond acceptors (Lipinski definition) is 3. The largest absolute Gasteiger partial charge is 0.492 e. The van der Waals surface area contributed by atoms with Gasteiger partial charge in [-0.3, -0.25) is 0 Å². The summed E-state index contributed by atoms with van der Waals surface area (Å²) in [5.41, 5.74) is 2.08. The zero-order valence-corrected chi connectivity index (χ0v) is 10.7. The Morgan fingerprint density at radius 1 is 1.00 bits per heavy atom. The number of hydrogen-bond donors (Lipinski definition) is 1. The highest BCUT2D eigenvalue weighted by Gasteiger charge is 1.95. The van der Waals surface area contributed by atoms with Crippen LogP contribution in [0.1, 0.15) is 5.56 Å². The van der Waals surface area contributed by atoms with Gasteiger partial charge in [0.05, 0.1) is 12.5 Å². The molecule has 19 heavy (non-hydrogen) atoms. The Labute approximate surface area is 113 Å². The summed E-state index contributed by atoms with van der Waals surface area (Å²) >= 11 is 0. The molecule has 0 amide bonds. The van der Waals surface area contributed by atoms with Crippen LogP contribution in [-0.4, -0.2) is 13.2 Å². The fourth-order valence-corrected chi connectivity index (χ4v) is 1.71. The molecule has 2 aromatic rings. The van der Waals surface area contributed by atoms with Gasteiger partial charge in [-0.15, -0.1) is 0 Å². The normalized spacial score (nSPS) is 9.63. The summed E-state index contributed by atoms with van der Waals surface area (Å²) in [6.07, 6.45) is 0.456. The lowest BCUT2D eigenvalue weighted by Crippen LogP contribution is -2.11. The summed E-state index contributed by atoms with van der Waals surface area (Å²) in [6, 6.07) is 19.8. The van der Waals surface area contributed by atoms with Crippen molar-refractivity contribution in [2.45, 2.75) is 6.42 Å². The summed E-state index contributed by atoms with van der Waals surface area (Å²) in [6.45, 7) is 1.36. The number of nitrogens with zero attached hydrogens (tertiary/aromatic N) is 1. The van der Waals surface area contributed by atoms with Crippen LogP contribution in [0.2, 0.25) is 0 Å². The van der Waals surface area contributed by atoms with E-state index in [1.807, 2.05) is 54.6 Å². The van der Waals surface area contributed by atoms with Crippen LogP contribution >= 0.6 is 0 Å². The Hall–Kier alpha value is -2.47. The molecule has 2 rings (SSSR count). The van der Waals surface area contributed by atoms with E-state index in [-0.39, 0.29) is 0 Å². The Bertz CT molecular complexity index is 529. The van der Waals surface area contributed by atoms with Crippen LogP contribution in [0.4, 0.5) is 5.69 Å². The van der Waals surface area contributed by atoms with Crippen molar-refractivity contribution in [3.05, 3.63) is 60.2 Å². The van der Waals surface area contributed by atoms with Gasteiger partial charge in [0.25, 0.3) is 0 Å². The maximum atomic E-state index is 8.59. The maximum Gasteiger partial charge on any atom is 0.119 e.